The lowest BCUT2D eigenvalue weighted by Crippen LogP contribution is -2.34. The zero-order chi connectivity index (χ0) is 12.8. The fourth-order valence-corrected chi connectivity index (χ4v) is 1.41. The molecule has 1 aromatic carbocycles. The third kappa shape index (κ3) is 3.07. The fraction of sp³-hybridized carbons (Fsp3) is 0.250. The number of aromatic nitrogens is 2. The smallest absolute Gasteiger partial charge is 0.315 e. The summed E-state index contributed by atoms with van der Waals surface area (Å²) >= 11 is 0. The van der Waals surface area contributed by atoms with Crippen molar-refractivity contribution in [2.75, 3.05) is 6.54 Å². The maximum Gasteiger partial charge on any atom is 0.315 e. The molecule has 94 valence electrons. The van der Waals surface area contributed by atoms with E-state index in [1.165, 1.54) is 0 Å². The summed E-state index contributed by atoms with van der Waals surface area (Å²) in [5.41, 5.74) is 0.880. The van der Waals surface area contributed by atoms with E-state index >= 15 is 0 Å². The molecule has 2 aromatic rings. The molecule has 0 unspecified atom stereocenters. The quantitative estimate of drug-likeness (QED) is 0.857. The van der Waals surface area contributed by atoms with E-state index in [9.17, 15) is 4.79 Å². The van der Waals surface area contributed by atoms with Crippen molar-refractivity contribution in [1.82, 2.24) is 20.8 Å². The first-order valence-electron chi connectivity index (χ1n) is 5.69. The van der Waals surface area contributed by atoms with Crippen molar-refractivity contribution >= 4 is 6.03 Å². The molecule has 0 fully saturated rings. The van der Waals surface area contributed by atoms with Gasteiger partial charge in [-0.05, 0) is 6.92 Å². The van der Waals surface area contributed by atoms with Crippen LogP contribution < -0.4 is 10.6 Å². The van der Waals surface area contributed by atoms with Gasteiger partial charge in [-0.15, -0.1) is 0 Å². The van der Waals surface area contributed by atoms with Crippen LogP contribution in [0.2, 0.25) is 0 Å². The molecule has 0 bridgehead atoms. The van der Waals surface area contributed by atoms with Crippen LogP contribution in [0.4, 0.5) is 4.79 Å². The van der Waals surface area contributed by atoms with Gasteiger partial charge in [-0.25, -0.2) is 4.79 Å². The largest absolute Gasteiger partial charge is 0.338 e. The number of nitrogens with one attached hydrogen (secondary N) is 2. The zero-order valence-corrected chi connectivity index (χ0v) is 10.0. The Hall–Kier alpha value is -2.37. The van der Waals surface area contributed by atoms with E-state index in [0.29, 0.717) is 18.3 Å². The molecule has 0 aliphatic carbocycles. The molecule has 0 spiro atoms. The highest BCUT2D eigenvalue weighted by Gasteiger charge is 2.08. The number of benzene rings is 1. The summed E-state index contributed by atoms with van der Waals surface area (Å²) in [5.74, 6) is 0.892. The first-order valence-corrected chi connectivity index (χ1v) is 5.69. The van der Waals surface area contributed by atoms with Gasteiger partial charge >= 0.3 is 6.03 Å². The Morgan fingerprint density at radius 2 is 2.06 bits per heavy atom. The molecule has 0 aliphatic heterocycles. The van der Waals surface area contributed by atoms with Gasteiger partial charge in [-0.1, -0.05) is 35.5 Å². The molecule has 0 aliphatic rings. The molecule has 0 atom stereocenters. The Bertz CT molecular complexity index is 510. The molecular formula is C12H14N4O2. The lowest BCUT2D eigenvalue weighted by Gasteiger charge is -2.01. The Labute approximate surface area is 104 Å². The molecule has 18 heavy (non-hydrogen) atoms. The van der Waals surface area contributed by atoms with Crippen LogP contribution in [0, 0.1) is 0 Å². The SMILES string of the molecule is CCNC(=O)NCc1nc(-c2ccccc2)no1. The number of carbonyl (C=O) groups excluding carboxylic acids is 1. The highest BCUT2D eigenvalue weighted by Crippen LogP contribution is 2.14. The molecule has 6 heteroatoms. The number of nitrogens with zero attached hydrogens (tertiary/aromatic N) is 2. The molecular weight excluding hydrogens is 232 g/mol. The highest BCUT2D eigenvalue weighted by atomic mass is 16.5. The van der Waals surface area contributed by atoms with Crippen molar-refractivity contribution in [1.29, 1.82) is 0 Å². The minimum Gasteiger partial charge on any atom is -0.338 e. The first-order chi connectivity index (χ1) is 8.79. The molecule has 0 saturated carbocycles. The van der Waals surface area contributed by atoms with Gasteiger partial charge in [-0.2, -0.15) is 4.98 Å². The van der Waals surface area contributed by atoms with E-state index < -0.39 is 0 Å². The van der Waals surface area contributed by atoms with Gasteiger partial charge in [0, 0.05) is 12.1 Å². The van der Waals surface area contributed by atoms with Crippen molar-refractivity contribution in [3.05, 3.63) is 36.2 Å². The van der Waals surface area contributed by atoms with Gasteiger partial charge in [0.05, 0.1) is 6.54 Å². The standard InChI is InChI=1S/C12H14N4O2/c1-2-13-12(17)14-8-10-15-11(16-18-10)9-6-4-3-5-7-9/h3-7H,2,8H2,1H3,(H2,13,14,17). The molecule has 1 aromatic heterocycles. The minimum atomic E-state index is -0.253. The summed E-state index contributed by atoms with van der Waals surface area (Å²) in [7, 11) is 0. The normalized spacial score (nSPS) is 10.1. The van der Waals surface area contributed by atoms with Gasteiger partial charge in [0.2, 0.25) is 11.7 Å². The maximum atomic E-state index is 11.2. The van der Waals surface area contributed by atoms with Crippen LogP contribution in [0.5, 0.6) is 0 Å². The maximum absolute atomic E-state index is 11.2. The lowest BCUT2D eigenvalue weighted by molar-refractivity contribution is 0.239. The molecule has 0 saturated heterocycles. The van der Waals surface area contributed by atoms with E-state index in [1.54, 1.807) is 0 Å². The van der Waals surface area contributed by atoms with Gasteiger partial charge < -0.3 is 15.2 Å². The monoisotopic (exact) mass is 246 g/mol. The third-order valence-corrected chi connectivity index (χ3v) is 2.24. The molecule has 0 radical (unpaired) electrons. The summed E-state index contributed by atoms with van der Waals surface area (Å²) < 4.78 is 5.04. The van der Waals surface area contributed by atoms with Crippen molar-refractivity contribution in [3.8, 4) is 11.4 Å². The Morgan fingerprint density at radius 3 is 2.78 bits per heavy atom. The van der Waals surface area contributed by atoms with Crippen molar-refractivity contribution in [2.45, 2.75) is 13.5 Å². The predicted molar refractivity (Wildman–Crippen MR) is 65.6 cm³/mol. The molecule has 2 amide bonds. The van der Waals surface area contributed by atoms with Gasteiger partial charge in [0.15, 0.2) is 0 Å². The van der Waals surface area contributed by atoms with E-state index in [4.69, 9.17) is 4.52 Å². The Morgan fingerprint density at radius 1 is 1.28 bits per heavy atom. The van der Waals surface area contributed by atoms with E-state index in [-0.39, 0.29) is 12.6 Å². The number of amides is 2. The van der Waals surface area contributed by atoms with Gasteiger partial charge in [0.25, 0.3) is 0 Å². The third-order valence-electron chi connectivity index (χ3n) is 2.24. The Balaban J connectivity index is 1.97. The summed E-state index contributed by atoms with van der Waals surface area (Å²) in [6.07, 6.45) is 0. The number of hydrogen-bond donors (Lipinski definition) is 2. The van der Waals surface area contributed by atoms with Gasteiger partial charge in [0.1, 0.15) is 0 Å². The molecule has 6 nitrogen and oxygen atoms in total. The van der Waals surface area contributed by atoms with E-state index in [0.717, 1.165) is 5.56 Å². The number of urea groups is 1. The van der Waals surface area contributed by atoms with Crippen LogP contribution in [0.1, 0.15) is 12.8 Å². The van der Waals surface area contributed by atoms with Crippen LogP contribution in [0.15, 0.2) is 34.9 Å². The molecule has 2 N–H and O–H groups in total. The summed E-state index contributed by atoms with van der Waals surface area (Å²) in [4.78, 5) is 15.4. The van der Waals surface area contributed by atoms with E-state index in [2.05, 4.69) is 20.8 Å². The van der Waals surface area contributed by atoms with Crippen molar-refractivity contribution < 1.29 is 9.32 Å². The number of carbonyl (C=O) groups is 1. The minimum absolute atomic E-state index is 0.214. The average Bonchev–Trinajstić information content (AvgIpc) is 2.87. The zero-order valence-electron chi connectivity index (χ0n) is 10.0. The van der Waals surface area contributed by atoms with Crippen LogP contribution in [-0.4, -0.2) is 22.7 Å². The Kier molecular flexibility index (Phi) is 3.90. The van der Waals surface area contributed by atoms with Crippen LogP contribution >= 0.6 is 0 Å². The molecule has 1 heterocycles. The summed E-state index contributed by atoms with van der Waals surface area (Å²) in [5, 5.41) is 9.09. The fourth-order valence-electron chi connectivity index (χ4n) is 1.41. The van der Waals surface area contributed by atoms with Gasteiger partial charge in [-0.3, -0.25) is 0 Å². The van der Waals surface area contributed by atoms with Crippen LogP contribution in [0.25, 0.3) is 11.4 Å². The van der Waals surface area contributed by atoms with E-state index in [1.807, 2.05) is 37.3 Å². The van der Waals surface area contributed by atoms with Crippen molar-refractivity contribution in [3.63, 3.8) is 0 Å². The van der Waals surface area contributed by atoms with Crippen LogP contribution in [0.3, 0.4) is 0 Å². The first kappa shape index (κ1) is 12.1. The predicted octanol–water partition coefficient (Wildman–Crippen LogP) is 1.56. The second kappa shape index (κ2) is 5.81. The topological polar surface area (TPSA) is 80.0 Å². The van der Waals surface area contributed by atoms with Crippen molar-refractivity contribution in [2.24, 2.45) is 0 Å². The second-order valence-electron chi connectivity index (χ2n) is 3.59. The lowest BCUT2D eigenvalue weighted by atomic mass is 10.2. The second-order valence-corrected chi connectivity index (χ2v) is 3.59. The summed E-state index contributed by atoms with van der Waals surface area (Å²) in [6.45, 7) is 2.64. The molecule has 2 rings (SSSR count). The summed E-state index contributed by atoms with van der Waals surface area (Å²) in [6, 6.07) is 9.26. The van der Waals surface area contributed by atoms with Crippen LogP contribution in [-0.2, 0) is 6.54 Å². The highest BCUT2D eigenvalue weighted by molar-refractivity contribution is 5.73. The number of hydrogen-bond acceptors (Lipinski definition) is 4. The number of rotatable bonds is 4. The average molecular weight is 246 g/mol.